The van der Waals surface area contributed by atoms with Crippen LogP contribution in [-0.2, 0) is 0 Å². The van der Waals surface area contributed by atoms with Crippen molar-refractivity contribution in [3.05, 3.63) is 29.6 Å². The number of nitrogens with two attached hydrogens (primary N) is 1. The SMILES string of the molecule is CC1(C)C(N)C1c1ccc(OC(F)F)cc1F. The second kappa shape index (κ2) is 3.91. The van der Waals surface area contributed by atoms with E-state index < -0.39 is 12.4 Å². The van der Waals surface area contributed by atoms with E-state index in [1.807, 2.05) is 13.8 Å². The van der Waals surface area contributed by atoms with Crippen molar-refractivity contribution in [1.82, 2.24) is 0 Å². The summed E-state index contributed by atoms with van der Waals surface area (Å²) in [6, 6.07) is 3.68. The largest absolute Gasteiger partial charge is 0.435 e. The Morgan fingerprint density at radius 1 is 1.35 bits per heavy atom. The van der Waals surface area contributed by atoms with Gasteiger partial charge in [0, 0.05) is 18.0 Å². The summed E-state index contributed by atoms with van der Waals surface area (Å²) in [6.45, 7) is 0.955. The second-order valence-electron chi connectivity index (χ2n) is 4.89. The Morgan fingerprint density at radius 2 is 1.94 bits per heavy atom. The Hall–Kier alpha value is -1.23. The summed E-state index contributed by atoms with van der Waals surface area (Å²) < 4.78 is 41.7. The summed E-state index contributed by atoms with van der Waals surface area (Å²) in [6.07, 6.45) is 0. The summed E-state index contributed by atoms with van der Waals surface area (Å²) in [7, 11) is 0. The van der Waals surface area contributed by atoms with Crippen molar-refractivity contribution in [2.24, 2.45) is 11.1 Å². The van der Waals surface area contributed by atoms with Crippen LogP contribution in [0.5, 0.6) is 5.75 Å². The number of ether oxygens (including phenoxy) is 1. The summed E-state index contributed by atoms with van der Waals surface area (Å²) in [5, 5.41) is 0. The zero-order valence-corrected chi connectivity index (χ0v) is 9.58. The summed E-state index contributed by atoms with van der Waals surface area (Å²) in [5.41, 5.74) is 6.16. The highest BCUT2D eigenvalue weighted by molar-refractivity contribution is 5.38. The van der Waals surface area contributed by atoms with Gasteiger partial charge in [0.15, 0.2) is 0 Å². The summed E-state index contributed by atoms with van der Waals surface area (Å²) in [5.74, 6) is -0.787. The Morgan fingerprint density at radius 3 is 2.35 bits per heavy atom. The van der Waals surface area contributed by atoms with Gasteiger partial charge in [0.1, 0.15) is 11.6 Å². The molecule has 1 aliphatic rings. The first-order chi connectivity index (χ1) is 7.84. The lowest BCUT2D eigenvalue weighted by Gasteiger charge is -2.08. The standard InChI is InChI=1S/C12H14F3NO/c1-12(2)9(10(12)16)7-4-3-6(5-8(7)13)17-11(14)15/h3-5,9-11H,16H2,1-2H3. The molecule has 94 valence electrons. The van der Waals surface area contributed by atoms with Gasteiger partial charge in [-0.15, -0.1) is 0 Å². The van der Waals surface area contributed by atoms with Gasteiger partial charge in [-0.3, -0.25) is 0 Å². The van der Waals surface area contributed by atoms with E-state index in [1.54, 1.807) is 0 Å². The fourth-order valence-corrected chi connectivity index (χ4v) is 2.21. The van der Waals surface area contributed by atoms with Crippen LogP contribution in [0.2, 0.25) is 0 Å². The number of halogens is 3. The lowest BCUT2D eigenvalue weighted by molar-refractivity contribution is -0.0500. The zero-order chi connectivity index (χ0) is 12.8. The van der Waals surface area contributed by atoms with E-state index in [0.29, 0.717) is 5.56 Å². The van der Waals surface area contributed by atoms with Crippen LogP contribution in [-0.4, -0.2) is 12.7 Å². The van der Waals surface area contributed by atoms with E-state index >= 15 is 0 Å². The van der Waals surface area contributed by atoms with Crippen molar-refractivity contribution in [3.8, 4) is 5.75 Å². The number of hydrogen-bond acceptors (Lipinski definition) is 2. The first-order valence-electron chi connectivity index (χ1n) is 5.34. The highest BCUT2D eigenvalue weighted by Gasteiger charge is 2.56. The van der Waals surface area contributed by atoms with E-state index in [2.05, 4.69) is 4.74 Å². The highest BCUT2D eigenvalue weighted by atomic mass is 19.3. The van der Waals surface area contributed by atoms with Gasteiger partial charge < -0.3 is 10.5 Å². The van der Waals surface area contributed by atoms with Gasteiger partial charge in [-0.05, 0) is 17.0 Å². The van der Waals surface area contributed by atoms with E-state index in [-0.39, 0.29) is 23.1 Å². The fraction of sp³-hybridized carbons (Fsp3) is 0.500. The molecule has 0 amide bonds. The van der Waals surface area contributed by atoms with Crippen molar-refractivity contribution in [2.45, 2.75) is 32.4 Å². The molecule has 0 aromatic heterocycles. The van der Waals surface area contributed by atoms with Gasteiger partial charge in [-0.25, -0.2) is 4.39 Å². The molecule has 2 nitrogen and oxygen atoms in total. The number of rotatable bonds is 3. The molecule has 2 rings (SSSR count). The molecule has 2 atom stereocenters. The van der Waals surface area contributed by atoms with E-state index in [0.717, 1.165) is 6.07 Å². The lowest BCUT2D eigenvalue weighted by Crippen LogP contribution is -2.06. The molecule has 0 heterocycles. The average molecular weight is 245 g/mol. The third-order valence-corrected chi connectivity index (χ3v) is 3.44. The minimum Gasteiger partial charge on any atom is -0.435 e. The molecule has 1 aliphatic carbocycles. The van der Waals surface area contributed by atoms with Crippen LogP contribution in [0.15, 0.2) is 18.2 Å². The minimum atomic E-state index is -2.94. The van der Waals surface area contributed by atoms with Crippen LogP contribution in [0.3, 0.4) is 0 Å². The molecule has 17 heavy (non-hydrogen) atoms. The Kier molecular flexibility index (Phi) is 2.81. The molecule has 1 aromatic carbocycles. The Bertz CT molecular complexity index is 434. The maximum absolute atomic E-state index is 13.7. The van der Waals surface area contributed by atoms with Crippen molar-refractivity contribution < 1.29 is 17.9 Å². The van der Waals surface area contributed by atoms with Crippen molar-refractivity contribution in [2.75, 3.05) is 0 Å². The van der Waals surface area contributed by atoms with Gasteiger partial charge in [0.05, 0.1) is 0 Å². The molecular formula is C12H14F3NO. The molecule has 0 bridgehead atoms. The Balaban J connectivity index is 2.22. The molecule has 2 N–H and O–H groups in total. The predicted molar refractivity (Wildman–Crippen MR) is 57.5 cm³/mol. The number of alkyl halides is 2. The van der Waals surface area contributed by atoms with Gasteiger partial charge in [-0.2, -0.15) is 8.78 Å². The maximum atomic E-state index is 13.7. The van der Waals surface area contributed by atoms with Gasteiger partial charge in [0.2, 0.25) is 0 Å². The molecule has 5 heteroatoms. The number of benzene rings is 1. The van der Waals surface area contributed by atoms with Gasteiger partial charge in [-0.1, -0.05) is 19.9 Å². The highest BCUT2D eigenvalue weighted by Crippen LogP contribution is 2.57. The van der Waals surface area contributed by atoms with Crippen LogP contribution in [0, 0.1) is 11.2 Å². The van der Waals surface area contributed by atoms with E-state index in [4.69, 9.17) is 5.73 Å². The summed E-state index contributed by atoms with van der Waals surface area (Å²) >= 11 is 0. The molecule has 2 unspecified atom stereocenters. The molecule has 0 aliphatic heterocycles. The van der Waals surface area contributed by atoms with Crippen LogP contribution in [0.1, 0.15) is 25.3 Å². The van der Waals surface area contributed by atoms with Crippen LogP contribution in [0.4, 0.5) is 13.2 Å². The van der Waals surface area contributed by atoms with Crippen molar-refractivity contribution in [1.29, 1.82) is 0 Å². The summed E-state index contributed by atoms with van der Waals surface area (Å²) in [4.78, 5) is 0. The second-order valence-corrected chi connectivity index (χ2v) is 4.89. The van der Waals surface area contributed by atoms with Gasteiger partial charge in [0.25, 0.3) is 0 Å². The lowest BCUT2D eigenvalue weighted by atomic mass is 10.0. The fourth-order valence-electron chi connectivity index (χ4n) is 2.21. The normalized spacial score (nSPS) is 26.1. The number of hydrogen-bond donors (Lipinski definition) is 1. The molecule has 1 fully saturated rings. The Labute approximate surface area is 97.6 Å². The molecule has 0 saturated heterocycles. The predicted octanol–water partition coefficient (Wildman–Crippen LogP) is 2.88. The molecule has 1 aromatic rings. The van der Waals surface area contributed by atoms with Gasteiger partial charge >= 0.3 is 6.61 Å². The topological polar surface area (TPSA) is 35.2 Å². The third-order valence-electron chi connectivity index (χ3n) is 3.44. The van der Waals surface area contributed by atoms with E-state index in [1.165, 1.54) is 12.1 Å². The molecular weight excluding hydrogens is 231 g/mol. The quantitative estimate of drug-likeness (QED) is 0.888. The minimum absolute atomic E-state index is 0.0666. The first-order valence-corrected chi connectivity index (χ1v) is 5.34. The third kappa shape index (κ3) is 2.11. The monoisotopic (exact) mass is 245 g/mol. The van der Waals surface area contributed by atoms with Crippen LogP contribution in [0.25, 0.3) is 0 Å². The van der Waals surface area contributed by atoms with E-state index in [9.17, 15) is 13.2 Å². The smallest absolute Gasteiger partial charge is 0.387 e. The van der Waals surface area contributed by atoms with Crippen molar-refractivity contribution >= 4 is 0 Å². The van der Waals surface area contributed by atoms with Crippen LogP contribution < -0.4 is 10.5 Å². The maximum Gasteiger partial charge on any atom is 0.387 e. The average Bonchev–Trinajstić information content (AvgIpc) is 2.66. The molecule has 0 spiro atoms. The molecule has 1 saturated carbocycles. The van der Waals surface area contributed by atoms with Crippen molar-refractivity contribution in [3.63, 3.8) is 0 Å². The zero-order valence-electron chi connectivity index (χ0n) is 9.58. The van der Waals surface area contributed by atoms with Crippen LogP contribution >= 0.6 is 0 Å². The molecule has 0 radical (unpaired) electrons. The first kappa shape index (κ1) is 12.2.